The molecule has 1 N–H and O–H groups in total. The molecule has 0 aliphatic carbocycles. The van der Waals surface area contributed by atoms with Crippen LogP contribution in [0.5, 0.6) is 0 Å². The quantitative estimate of drug-likeness (QED) is 0.744. The van der Waals surface area contributed by atoms with Crippen molar-refractivity contribution in [1.29, 1.82) is 0 Å². The van der Waals surface area contributed by atoms with Crippen molar-refractivity contribution in [3.8, 4) is 0 Å². The minimum atomic E-state index is -0.137. The van der Waals surface area contributed by atoms with Gasteiger partial charge >= 0.3 is 0 Å². The number of aryl methyl sites for hydroxylation is 1. The zero-order valence-corrected chi connectivity index (χ0v) is 10.2. The monoisotopic (exact) mass is 227 g/mol. The van der Waals surface area contributed by atoms with Gasteiger partial charge in [0, 0.05) is 12.2 Å². The summed E-state index contributed by atoms with van der Waals surface area (Å²) in [5.74, 6) is 2.22. The van der Waals surface area contributed by atoms with Gasteiger partial charge in [-0.05, 0) is 48.6 Å². The van der Waals surface area contributed by atoms with Crippen LogP contribution in [0.1, 0.15) is 18.9 Å². The van der Waals surface area contributed by atoms with Gasteiger partial charge < -0.3 is 5.32 Å². The first-order valence-corrected chi connectivity index (χ1v) is 6.47. The summed E-state index contributed by atoms with van der Waals surface area (Å²) in [6.07, 6.45) is 1.15. The Bertz CT molecular complexity index is 302. The fraction of sp³-hybridized carbons (Fsp3) is 0.500. The molecule has 1 aromatic carbocycles. The number of benzene rings is 1. The third-order valence-electron chi connectivity index (χ3n) is 2.16. The summed E-state index contributed by atoms with van der Waals surface area (Å²) in [4.78, 5) is 0. The molecule has 1 rings (SSSR count). The third-order valence-corrected chi connectivity index (χ3v) is 3.14. The Balaban J connectivity index is 2.28. The summed E-state index contributed by atoms with van der Waals surface area (Å²) in [6.45, 7) is 4.91. The molecule has 0 fully saturated rings. The molecular weight excluding hydrogens is 209 g/mol. The minimum Gasteiger partial charge on any atom is -0.385 e. The van der Waals surface area contributed by atoms with Crippen molar-refractivity contribution in [3.05, 3.63) is 29.6 Å². The summed E-state index contributed by atoms with van der Waals surface area (Å²) in [5.41, 5.74) is 1.71. The van der Waals surface area contributed by atoms with E-state index >= 15 is 0 Å². The van der Waals surface area contributed by atoms with Crippen molar-refractivity contribution in [2.45, 2.75) is 20.3 Å². The van der Waals surface area contributed by atoms with E-state index in [-0.39, 0.29) is 5.82 Å². The van der Waals surface area contributed by atoms with Crippen LogP contribution in [0, 0.1) is 12.7 Å². The van der Waals surface area contributed by atoms with Crippen molar-refractivity contribution in [2.75, 3.05) is 23.4 Å². The van der Waals surface area contributed by atoms with Crippen molar-refractivity contribution in [3.63, 3.8) is 0 Å². The van der Waals surface area contributed by atoms with Gasteiger partial charge in [-0.15, -0.1) is 0 Å². The molecule has 0 bridgehead atoms. The van der Waals surface area contributed by atoms with Crippen LogP contribution in [-0.2, 0) is 0 Å². The van der Waals surface area contributed by atoms with Crippen molar-refractivity contribution >= 4 is 17.4 Å². The molecule has 0 amide bonds. The second-order valence-electron chi connectivity index (χ2n) is 3.44. The number of hydrogen-bond acceptors (Lipinski definition) is 2. The topological polar surface area (TPSA) is 12.0 Å². The van der Waals surface area contributed by atoms with E-state index in [4.69, 9.17) is 0 Å². The average Bonchev–Trinajstić information content (AvgIpc) is 2.23. The fourth-order valence-electron chi connectivity index (χ4n) is 1.31. The van der Waals surface area contributed by atoms with Gasteiger partial charge in [-0.3, -0.25) is 0 Å². The molecule has 3 heteroatoms. The van der Waals surface area contributed by atoms with E-state index < -0.39 is 0 Å². The number of thioether (sulfide) groups is 1. The predicted molar refractivity (Wildman–Crippen MR) is 67.2 cm³/mol. The van der Waals surface area contributed by atoms with Crippen molar-refractivity contribution in [2.24, 2.45) is 0 Å². The average molecular weight is 227 g/mol. The second-order valence-corrected chi connectivity index (χ2v) is 4.84. The Morgan fingerprint density at radius 2 is 2.20 bits per heavy atom. The Hall–Kier alpha value is -0.700. The van der Waals surface area contributed by atoms with Gasteiger partial charge in [0.25, 0.3) is 0 Å². The highest BCUT2D eigenvalue weighted by molar-refractivity contribution is 7.99. The molecule has 0 heterocycles. The second kappa shape index (κ2) is 6.72. The lowest BCUT2D eigenvalue weighted by molar-refractivity contribution is 0.618. The number of anilines is 1. The van der Waals surface area contributed by atoms with Crippen molar-refractivity contribution < 1.29 is 4.39 Å². The van der Waals surface area contributed by atoms with Crippen LogP contribution >= 0.6 is 11.8 Å². The lowest BCUT2D eigenvalue weighted by Gasteiger charge is -2.07. The van der Waals surface area contributed by atoms with Gasteiger partial charge in [0.1, 0.15) is 5.82 Å². The van der Waals surface area contributed by atoms with Gasteiger partial charge in [0.15, 0.2) is 0 Å². The minimum absolute atomic E-state index is 0.137. The maximum Gasteiger partial charge on any atom is 0.126 e. The van der Waals surface area contributed by atoms with E-state index in [1.54, 1.807) is 13.0 Å². The first-order valence-electron chi connectivity index (χ1n) is 5.32. The van der Waals surface area contributed by atoms with Crippen LogP contribution in [0.15, 0.2) is 18.2 Å². The third kappa shape index (κ3) is 4.56. The van der Waals surface area contributed by atoms with E-state index in [0.29, 0.717) is 5.56 Å². The highest BCUT2D eigenvalue weighted by Gasteiger charge is 1.97. The standard InChI is InChI=1S/C12H18FNS/c1-3-15-8-4-7-14-11-5-6-12(13)10(2)9-11/h5-6,9,14H,3-4,7-8H2,1-2H3. The number of nitrogens with one attached hydrogen (secondary N) is 1. The molecule has 0 aliphatic rings. The predicted octanol–water partition coefficient (Wildman–Crippen LogP) is 3.69. The van der Waals surface area contributed by atoms with Crippen molar-refractivity contribution in [1.82, 2.24) is 0 Å². The van der Waals surface area contributed by atoms with Crippen LogP contribution in [0.3, 0.4) is 0 Å². The number of rotatable bonds is 6. The molecule has 1 aromatic rings. The first kappa shape index (κ1) is 12.4. The molecule has 84 valence electrons. The summed E-state index contributed by atoms with van der Waals surface area (Å²) < 4.78 is 13.0. The fourth-order valence-corrected chi connectivity index (χ4v) is 1.94. The lowest BCUT2D eigenvalue weighted by atomic mass is 10.2. The van der Waals surface area contributed by atoms with Crippen LogP contribution in [0.25, 0.3) is 0 Å². The SMILES string of the molecule is CCSCCCNc1ccc(F)c(C)c1. The van der Waals surface area contributed by atoms with Crippen LogP contribution in [0.2, 0.25) is 0 Å². The van der Waals surface area contributed by atoms with Crippen LogP contribution in [0.4, 0.5) is 10.1 Å². The molecule has 15 heavy (non-hydrogen) atoms. The Kier molecular flexibility index (Phi) is 5.54. The van der Waals surface area contributed by atoms with Gasteiger partial charge in [-0.2, -0.15) is 11.8 Å². The number of hydrogen-bond donors (Lipinski definition) is 1. The molecule has 1 nitrogen and oxygen atoms in total. The molecule has 0 saturated heterocycles. The Labute approximate surface area is 95.5 Å². The molecule has 0 aromatic heterocycles. The van der Waals surface area contributed by atoms with Crippen LogP contribution < -0.4 is 5.32 Å². The molecule has 0 aliphatic heterocycles. The largest absolute Gasteiger partial charge is 0.385 e. The van der Waals surface area contributed by atoms with Crippen LogP contribution in [-0.4, -0.2) is 18.1 Å². The summed E-state index contributed by atoms with van der Waals surface area (Å²) in [7, 11) is 0. The smallest absolute Gasteiger partial charge is 0.126 e. The van der Waals surface area contributed by atoms with E-state index in [1.165, 1.54) is 17.6 Å². The maximum atomic E-state index is 13.0. The number of halogens is 1. The molecule has 0 atom stereocenters. The van der Waals surface area contributed by atoms with E-state index in [9.17, 15) is 4.39 Å². The van der Waals surface area contributed by atoms with Gasteiger partial charge in [-0.25, -0.2) is 4.39 Å². The molecule has 0 unspecified atom stereocenters. The van der Waals surface area contributed by atoms with Gasteiger partial charge in [0.05, 0.1) is 0 Å². The molecule has 0 spiro atoms. The highest BCUT2D eigenvalue weighted by atomic mass is 32.2. The first-order chi connectivity index (χ1) is 7.24. The molecule has 0 saturated carbocycles. The maximum absolute atomic E-state index is 13.0. The molecule has 0 radical (unpaired) electrons. The zero-order chi connectivity index (χ0) is 11.1. The van der Waals surface area contributed by atoms with E-state index in [0.717, 1.165) is 18.7 Å². The summed E-state index contributed by atoms with van der Waals surface area (Å²) in [5, 5.41) is 3.29. The lowest BCUT2D eigenvalue weighted by Crippen LogP contribution is -2.03. The van der Waals surface area contributed by atoms with E-state index in [2.05, 4.69) is 12.2 Å². The summed E-state index contributed by atoms with van der Waals surface area (Å²) >= 11 is 1.95. The van der Waals surface area contributed by atoms with Gasteiger partial charge in [0.2, 0.25) is 0 Å². The Morgan fingerprint density at radius 1 is 1.40 bits per heavy atom. The molecular formula is C12H18FNS. The van der Waals surface area contributed by atoms with Gasteiger partial charge in [-0.1, -0.05) is 6.92 Å². The zero-order valence-electron chi connectivity index (χ0n) is 9.35. The van der Waals surface area contributed by atoms with E-state index in [1.807, 2.05) is 17.8 Å². The normalized spacial score (nSPS) is 10.3. The summed E-state index contributed by atoms with van der Waals surface area (Å²) in [6, 6.07) is 5.15. The highest BCUT2D eigenvalue weighted by Crippen LogP contribution is 2.13. The Morgan fingerprint density at radius 3 is 2.87 bits per heavy atom.